The third-order valence-electron chi connectivity index (χ3n) is 2.83. The van der Waals surface area contributed by atoms with Gasteiger partial charge in [0.05, 0.1) is 18.8 Å². The van der Waals surface area contributed by atoms with Crippen molar-refractivity contribution < 1.29 is 8.94 Å². The quantitative estimate of drug-likeness (QED) is 0.796. The second-order valence-electron chi connectivity index (χ2n) is 4.06. The van der Waals surface area contributed by atoms with Gasteiger partial charge in [-0.15, -0.1) is 0 Å². The third kappa shape index (κ3) is 2.74. The first-order chi connectivity index (χ1) is 8.20. The molecule has 0 amide bonds. The fraction of sp³-hybridized carbons (Fsp3) is 0.500. The van der Waals surface area contributed by atoms with Gasteiger partial charge in [0.15, 0.2) is 5.82 Å². The number of hydrogen-bond acceptors (Lipinski definition) is 5. The van der Waals surface area contributed by atoms with Crippen molar-refractivity contribution in [3.63, 3.8) is 0 Å². The first-order valence-electron chi connectivity index (χ1n) is 5.75. The van der Waals surface area contributed by atoms with Crippen LogP contribution in [0, 0.1) is 0 Å². The van der Waals surface area contributed by atoms with Gasteiger partial charge in [-0.05, 0) is 26.1 Å². The molecule has 92 valence electrons. The van der Waals surface area contributed by atoms with Crippen molar-refractivity contribution in [2.75, 3.05) is 7.05 Å². The molecule has 0 radical (unpaired) electrons. The average molecular weight is 235 g/mol. The molecular weight excluding hydrogens is 218 g/mol. The monoisotopic (exact) mass is 235 g/mol. The zero-order chi connectivity index (χ0) is 12.3. The summed E-state index contributed by atoms with van der Waals surface area (Å²) in [6.45, 7) is 4.70. The van der Waals surface area contributed by atoms with Gasteiger partial charge in [-0.25, -0.2) is 0 Å². The number of aromatic nitrogens is 2. The molecule has 5 nitrogen and oxygen atoms in total. The van der Waals surface area contributed by atoms with Crippen molar-refractivity contribution in [1.82, 2.24) is 15.0 Å². The lowest BCUT2D eigenvalue weighted by molar-refractivity contribution is 0.195. The normalized spacial score (nSPS) is 13.2. The fourth-order valence-corrected chi connectivity index (χ4v) is 1.59. The third-order valence-corrected chi connectivity index (χ3v) is 2.83. The van der Waals surface area contributed by atoms with E-state index in [1.54, 1.807) is 6.26 Å². The summed E-state index contributed by atoms with van der Waals surface area (Å²) in [6, 6.07) is 4.04. The zero-order valence-electron chi connectivity index (χ0n) is 10.4. The Morgan fingerprint density at radius 1 is 1.47 bits per heavy atom. The predicted molar refractivity (Wildman–Crippen MR) is 62.3 cm³/mol. The molecule has 2 aromatic heterocycles. The van der Waals surface area contributed by atoms with Gasteiger partial charge in [-0.2, -0.15) is 4.98 Å². The highest BCUT2D eigenvalue weighted by atomic mass is 16.5. The van der Waals surface area contributed by atoms with Crippen molar-refractivity contribution in [3.05, 3.63) is 35.9 Å². The molecule has 2 heterocycles. The molecule has 0 saturated heterocycles. The second-order valence-corrected chi connectivity index (χ2v) is 4.06. The van der Waals surface area contributed by atoms with Gasteiger partial charge in [0.25, 0.3) is 0 Å². The summed E-state index contributed by atoms with van der Waals surface area (Å²) >= 11 is 0. The maximum atomic E-state index is 5.37. The SMILES string of the molecule is CCc1noc(CN(C)C(C)c2ccco2)n1. The van der Waals surface area contributed by atoms with Crippen LogP contribution in [0.1, 0.15) is 37.4 Å². The van der Waals surface area contributed by atoms with Crippen LogP contribution >= 0.6 is 0 Å². The topological polar surface area (TPSA) is 55.3 Å². The molecule has 0 aliphatic carbocycles. The number of aryl methyl sites for hydroxylation is 1. The lowest BCUT2D eigenvalue weighted by Crippen LogP contribution is -2.21. The molecule has 2 aromatic rings. The van der Waals surface area contributed by atoms with Crippen LogP contribution in [0.2, 0.25) is 0 Å². The minimum Gasteiger partial charge on any atom is -0.468 e. The van der Waals surface area contributed by atoms with Gasteiger partial charge < -0.3 is 8.94 Å². The van der Waals surface area contributed by atoms with E-state index in [2.05, 4.69) is 22.0 Å². The molecule has 0 bridgehead atoms. The fourth-order valence-electron chi connectivity index (χ4n) is 1.59. The number of rotatable bonds is 5. The molecule has 2 rings (SSSR count). The van der Waals surface area contributed by atoms with Gasteiger partial charge >= 0.3 is 0 Å². The highest BCUT2D eigenvalue weighted by Gasteiger charge is 2.16. The number of nitrogens with zero attached hydrogens (tertiary/aromatic N) is 3. The van der Waals surface area contributed by atoms with E-state index in [9.17, 15) is 0 Å². The van der Waals surface area contributed by atoms with Crippen molar-refractivity contribution in [2.24, 2.45) is 0 Å². The van der Waals surface area contributed by atoms with Crippen LogP contribution in [-0.4, -0.2) is 22.1 Å². The molecule has 0 N–H and O–H groups in total. The molecule has 0 spiro atoms. The zero-order valence-corrected chi connectivity index (χ0v) is 10.4. The van der Waals surface area contributed by atoms with Gasteiger partial charge in [0.1, 0.15) is 5.76 Å². The van der Waals surface area contributed by atoms with Gasteiger partial charge in [0, 0.05) is 6.42 Å². The summed E-state index contributed by atoms with van der Waals surface area (Å²) in [5.74, 6) is 2.32. The molecule has 0 aliphatic heterocycles. The minimum absolute atomic E-state index is 0.182. The highest BCUT2D eigenvalue weighted by molar-refractivity contribution is 5.03. The van der Waals surface area contributed by atoms with Crippen LogP contribution in [0.15, 0.2) is 27.3 Å². The van der Waals surface area contributed by atoms with E-state index < -0.39 is 0 Å². The molecular formula is C12H17N3O2. The Labute approximate surface area is 100 Å². The van der Waals surface area contributed by atoms with Crippen molar-refractivity contribution in [2.45, 2.75) is 32.9 Å². The molecule has 17 heavy (non-hydrogen) atoms. The predicted octanol–water partition coefficient (Wildman–Crippen LogP) is 2.42. The summed E-state index contributed by atoms with van der Waals surface area (Å²) in [6.07, 6.45) is 2.47. The van der Waals surface area contributed by atoms with Crippen LogP contribution in [0.3, 0.4) is 0 Å². The Balaban J connectivity index is 1.99. The first-order valence-corrected chi connectivity index (χ1v) is 5.75. The lowest BCUT2D eigenvalue weighted by Gasteiger charge is -2.20. The number of hydrogen-bond donors (Lipinski definition) is 0. The van der Waals surface area contributed by atoms with Crippen LogP contribution in [0.4, 0.5) is 0 Å². The lowest BCUT2D eigenvalue weighted by atomic mass is 10.2. The Bertz CT molecular complexity index is 450. The molecule has 0 aromatic carbocycles. The van der Waals surface area contributed by atoms with Crippen molar-refractivity contribution in [1.29, 1.82) is 0 Å². The summed E-state index contributed by atoms with van der Waals surface area (Å²) in [5.41, 5.74) is 0. The summed E-state index contributed by atoms with van der Waals surface area (Å²) in [5, 5.41) is 3.87. The smallest absolute Gasteiger partial charge is 0.240 e. The molecule has 1 unspecified atom stereocenters. The van der Waals surface area contributed by atoms with Gasteiger partial charge in [-0.3, -0.25) is 4.90 Å². The van der Waals surface area contributed by atoms with E-state index in [1.165, 1.54) is 0 Å². The Morgan fingerprint density at radius 2 is 2.29 bits per heavy atom. The van der Waals surface area contributed by atoms with Crippen LogP contribution in [0.25, 0.3) is 0 Å². The summed E-state index contributed by atoms with van der Waals surface area (Å²) < 4.78 is 10.5. The van der Waals surface area contributed by atoms with Crippen LogP contribution in [0.5, 0.6) is 0 Å². The van der Waals surface area contributed by atoms with E-state index in [-0.39, 0.29) is 6.04 Å². The first kappa shape index (κ1) is 11.9. The Morgan fingerprint density at radius 3 is 2.88 bits per heavy atom. The Kier molecular flexibility index (Phi) is 3.58. The van der Waals surface area contributed by atoms with Crippen molar-refractivity contribution in [3.8, 4) is 0 Å². The van der Waals surface area contributed by atoms with Crippen LogP contribution < -0.4 is 0 Å². The summed E-state index contributed by atoms with van der Waals surface area (Å²) in [7, 11) is 2.00. The maximum absolute atomic E-state index is 5.37. The van der Waals surface area contributed by atoms with E-state index in [1.807, 2.05) is 26.1 Å². The van der Waals surface area contributed by atoms with Crippen molar-refractivity contribution >= 4 is 0 Å². The largest absolute Gasteiger partial charge is 0.468 e. The van der Waals surface area contributed by atoms with E-state index in [0.29, 0.717) is 12.4 Å². The maximum Gasteiger partial charge on any atom is 0.240 e. The van der Waals surface area contributed by atoms with E-state index in [0.717, 1.165) is 18.0 Å². The molecule has 0 fully saturated rings. The number of furan rings is 1. The summed E-state index contributed by atoms with van der Waals surface area (Å²) in [4.78, 5) is 6.39. The van der Waals surface area contributed by atoms with E-state index in [4.69, 9.17) is 8.94 Å². The van der Waals surface area contributed by atoms with Gasteiger partial charge in [0.2, 0.25) is 5.89 Å². The molecule has 0 saturated carbocycles. The van der Waals surface area contributed by atoms with Gasteiger partial charge in [-0.1, -0.05) is 12.1 Å². The average Bonchev–Trinajstić information content (AvgIpc) is 2.98. The van der Waals surface area contributed by atoms with Crippen LogP contribution in [-0.2, 0) is 13.0 Å². The molecule has 1 atom stereocenters. The highest BCUT2D eigenvalue weighted by Crippen LogP contribution is 2.20. The molecule has 5 heteroatoms. The minimum atomic E-state index is 0.182. The second kappa shape index (κ2) is 5.14. The van der Waals surface area contributed by atoms with E-state index >= 15 is 0 Å². The Hall–Kier alpha value is -1.62. The standard InChI is InChI=1S/C12H17N3O2/c1-4-11-13-12(17-14-11)8-15(3)9(2)10-6-5-7-16-10/h5-7,9H,4,8H2,1-3H3. The molecule has 0 aliphatic rings.